The van der Waals surface area contributed by atoms with E-state index in [2.05, 4.69) is 36.4 Å². The van der Waals surface area contributed by atoms with E-state index in [4.69, 9.17) is 0 Å². The second-order valence-electron chi connectivity index (χ2n) is 4.82. The number of imidazole rings is 1. The highest BCUT2D eigenvalue weighted by Crippen LogP contribution is 2.31. The molecule has 0 saturated heterocycles. The van der Waals surface area contributed by atoms with Gasteiger partial charge < -0.3 is 9.13 Å². The van der Waals surface area contributed by atoms with Crippen molar-refractivity contribution in [2.75, 3.05) is 0 Å². The lowest BCUT2D eigenvalue weighted by Gasteiger charge is -2.07. The summed E-state index contributed by atoms with van der Waals surface area (Å²) in [7, 11) is 0. The Labute approximate surface area is 110 Å². The predicted molar refractivity (Wildman–Crippen MR) is 71.2 cm³/mol. The Bertz CT molecular complexity index is 716. The maximum absolute atomic E-state index is 4.43. The average molecular weight is 251 g/mol. The van der Waals surface area contributed by atoms with Gasteiger partial charge in [-0.15, -0.1) is 10.2 Å². The van der Waals surface area contributed by atoms with Gasteiger partial charge in [0.1, 0.15) is 5.82 Å². The molecule has 0 radical (unpaired) electrons. The quantitative estimate of drug-likeness (QED) is 0.481. The molecule has 0 bridgehead atoms. The van der Waals surface area contributed by atoms with Crippen LogP contribution < -0.4 is 0 Å². The summed E-state index contributed by atoms with van der Waals surface area (Å²) in [5.74, 6) is 1.86. The summed E-state index contributed by atoms with van der Waals surface area (Å²) in [6.45, 7) is 4.79. The van der Waals surface area contributed by atoms with Gasteiger partial charge in [0.05, 0.1) is 29.9 Å². The van der Waals surface area contributed by atoms with Crippen molar-refractivity contribution in [2.45, 2.75) is 20.4 Å². The molecule has 1 aliphatic heterocycles. The van der Waals surface area contributed by atoms with Crippen molar-refractivity contribution in [3.05, 3.63) is 47.8 Å². The number of benzene rings is 1. The molecular weight excluding hydrogens is 238 g/mol. The van der Waals surface area contributed by atoms with Gasteiger partial charge in [0.15, 0.2) is 5.82 Å². The topological polar surface area (TPSA) is 48.5 Å². The molecule has 5 nitrogen and oxygen atoms in total. The second-order valence-corrected chi connectivity index (χ2v) is 4.82. The zero-order valence-electron chi connectivity index (χ0n) is 10.8. The molecule has 3 aromatic rings. The third-order valence-corrected chi connectivity index (χ3v) is 3.72. The maximum Gasteiger partial charge on any atom is 0.166 e. The fraction of sp³-hybridized carbons (Fsp3) is 0.214. The third kappa shape index (κ3) is 1.32. The van der Waals surface area contributed by atoms with Crippen molar-refractivity contribution in [1.29, 1.82) is 0 Å². The van der Waals surface area contributed by atoms with Gasteiger partial charge in [-0.25, -0.2) is 4.98 Å². The van der Waals surface area contributed by atoms with E-state index < -0.39 is 0 Å². The number of para-hydroxylation sites is 1. The van der Waals surface area contributed by atoms with E-state index in [-0.39, 0.29) is 0 Å². The third-order valence-electron chi connectivity index (χ3n) is 3.72. The Morgan fingerprint density at radius 1 is 1.11 bits per heavy atom. The fourth-order valence-electron chi connectivity index (χ4n) is 2.65. The van der Waals surface area contributed by atoms with Crippen LogP contribution in [0.3, 0.4) is 0 Å². The summed E-state index contributed by atoms with van der Waals surface area (Å²) in [5.41, 5.74) is 4.45. The van der Waals surface area contributed by atoms with Crippen LogP contribution in [0.1, 0.15) is 17.2 Å². The van der Waals surface area contributed by atoms with E-state index in [0.29, 0.717) is 0 Å². The summed E-state index contributed by atoms with van der Waals surface area (Å²) in [4.78, 5) is 4.43. The summed E-state index contributed by atoms with van der Waals surface area (Å²) in [6, 6.07) is 8.25. The monoisotopic (exact) mass is 251 g/mol. The summed E-state index contributed by atoms with van der Waals surface area (Å²) < 4.78 is 4.30. The van der Waals surface area contributed by atoms with Crippen molar-refractivity contribution in [3.8, 4) is 17.1 Å². The van der Waals surface area contributed by atoms with E-state index in [0.717, 1.165) is 35.1 Å². The number of nitrogens with zero attached hydrogens (tertiary/aromatic N) is 5. The molecule has 0 amide bonds. The SMILES string of the molecule is Cc1ncn2c1Cn1c(C)nnc1-c1ccccc1-2. The van der Waals surface area contributed by atoms with Crippen molar-refractivity contribution in [3.63, 3.8) is 0 Å². The highest BCUT2D eigenvalue weighted by atomic mass is 15.3. The Kier molecular flexibility index (Phi) is 1.95. The molecule has 3 heterocycles. The minimum atomic E-state index is 0.759. The van der Waals surface area contributed by atoms with Crippen LogP contribution in [0.25, 0.3) is 17.1 Å². The number of aromatic nitrogens is 5. The van der Waals surface area contributed by atoms with Crippen LogP contribution in [-0.4, -0.2) is 24.3 Å². The van der Waals surface area contributed by atoms with Crippen LogP contribution in [0.15, 0.2) is 30.6 Å². The maximum atomic E-state index is 4.43. The van der Waals surface area contributed by atoms with Crippen molar-refractivity contribution in [2.24, 2.45) is 0 Å². The first-order chi connectivity index (χ1) is 9.25. The van der Waals surface area contributed by atoms with Crippen molar-refractivity contribution < 1.29 is 0 Å². The molecule has 4 rings (SSSR count). The van der Waals surface area contributed by atoms with Crippen LogP contribution in [-0.2, 0) is 6.54 Å². The van der Waals surface area contributed by atoms with Gasteiger partial charge in [-0.2, -0.15) is 0 Å². The number of aryl methyl sites for hydroxylation is 2. The zero-order chi connectivity index (χ0) is 13.0. The Morgan fingerprint density at radius 3 is 2.84 bits per heavy atom. The molecule has 0 spiro atoms. The smallest absolute Gasteiger partial charge is 0.166 e. The lowest BCUT2D eigenvalue weighted by Crippen LogP contribution is -2.05. The molecule has 94 valence electrons. The summed E-state index contributed by atoms with van der Waals surface area (Å²) in [5, 5.41) is 8.54. The van der Waals surface area contributed by atoms with Gasteiger partial charge in [0.2, 0.25) is 0 Å². The second kappa shape index (κ2) is 3.54. The van der Waals surface area contributed by atoms with E-state index in [1.165, 1.54) is 5.69 Å². The number of rotatable bonds is 0. The van der Waals surface area contributed by atoms with Crippen LogP contribution in [0.5, 0.6) is 0 Å². The number of hydrogen-bond acceptors (Lipinski definition) is 3. The Hall–Kier alpha value is -2.43. The lowest BCUT2D eigenvalue weighted by atomic mass is 10.1. The molecule has 19 heavy (non-hydrogen) atoms. The summed E-state index contributed by atoms with van der Waals surface area (Å²) in [6.07, 6.45) is 1.89. The standard InChI is InChI=1S/C14H13N5/c1-9-13-7-18-10(2)16-17-14(18)11-5-3-4-6-12(11)19(13)8-15-9/h3-6,8H,7H2,1-2H3. The molecular formula is C14H13N5. The van der Waals surface area contributed by atoms with Crippen molar-refractivity contribution >= 4 is 0 Å². The van der Waals surface area contributed by atoms with E-state index in [9.17, 15) is 0 Å². The first-order valence-corrected chi connectivity index (χ1v) is 6.28. The Morgan fingerprint density at radius 2 is 1.95 bits per heavy atom. The van der Waals surface area contributed by atoms with Gasteiger partial charge in [-0.05, 0) is 26.0 Å². The van der Waals surface area contributed by atoms with E-state index >= 15 is 0 Å². The molecule has 0 atom stereocenters. The molecule has 0 saturated carbocycles. The zero-order valence-corrected chi connectivity index (χ0v) is 10.8. The highest BCUT2D eigenvalue weighted by molar-refractivity contribution is 5.69. The van der Waals surface area contributed by atoms with Crippen molar-refractivity contribution in [1.82, 2.24) is 24.3 Å². The fourth-order valence-corrected chi connectivity index (χ4v) is 2.65. The molecule has 1 aliphatic rings. The summed E-state index contributed by atoms with van der Waals surface area (Å²) >= 11 is 0. The first kappa shape index (κ1) is 10.5. The van der Waals surface area contributed by atoms with E-state index in [1.807, 2.05) is 32.3 Å². The molecule has 0 fully saturated rings. The average Bonchev–Trinajstić information content (AvgIpc) is 2.92. The first-order valence-electron chi connectivity index (χ1n) is 6.28. The molecule has 0 unspecified atom stereocenters. The largest absolute Gasteiger partial charge is 0.305 e. The molecule has 0 N–H and O–H groups in total. The van der Waals surface area contributed by atoms with E-state index in [1.54, 1.807) is 0 Å². The van der Waals surface area contributed by atoms with Crippen LogP contribution >= 0.6 is 0 Å². The molecule has 1 aromatic carbocycles. The highest BCUT2D eigenvalue weighted by Gasteiger charge is 2.22. The minimum absolute atomic E-state index is 0.759. The van der Waals surface area contributed by atoms with Gasteiger partial charge in [0.25, 0.3) is 0 Å². The van der Waals surface area contributed by atoms with Gasteiger partial charge in [-0.3, -0.25) is 0 Å². The Balaban J connectivity index is 2.14. The minimum Gasteiger partial charge on any atom is -0.305 e. The van der Waals surface area contributed by atoms with Gasteiger partial charge in [0, 0.05) is 5.56 Å². The van der Waals surface area contributed by atoms with Crippen LogP contribution in [0.4, 0.5) is 0 Å². The molecule has 5 heteroatoms. The predicted octanol–water partition coefficient (Wildman–Crippen LogP) is 2.11. The number of hydrogen-bond donors (Lipinski definition) is 0. The normalized spacial score (nSPS) is 12.5. The van der Waals surface area contributed by atoms with Gasteiger partial charge in [-0.1, -0.05) is 12.1 Å². The van der Waals surface area contributed by atoms with Crippen LogP contribution in [0.2, 0.25) is 0 Å². The van der Waals surface area contributed by atoms with Gasteiger partial charge >= 0.3 is 0 Å². The number of fused-ring (bicyclic) bond motifs is 5. The molecule has 0 aliphatic carbocycles. The lowest BCUT2D eigenvalue weighted by molar-refractivity contribution is 0.739. The van der Waals surface area contributed by atoms with Crippen LogP contribution in [0, 0.1) is 13.8 Å². The molecule has 2 aromatic heterocycles.